The second kappa shape index (κ2) is 12.7. The van der Waals surface area contributed by atoms with E-state index in [1.807, 2.05) is 0 Å². The van der Waals surface area contributed by atoms with E-state index in [1.165, 1.54) is 47.1 Å². The van der Waals surface area contributed by atoms with Crippen LogP contribution in [0.2, 0.25) is 0 Å². The van der Waals surface area contributed by atoms with Gasteiger partial charge in [-0.25, -0.2) is 13.5 Å². The van der Waals surface area contributed by atoms with Crippen LogP contribution in [0.15, 0.2) is 91.0 Å². The average molecular weight is 685 g/mol. The summed E-state index contributed by atoms with van der Waals surface area (Å²) in [6, 6.07) is 20.0. The van der Waals surface area contributed by atoms with E-state index < -0.39 is 49.8 Å². The van der Waals surface area contributed by atoms with Gasteiger partial charge in [-0.1, -0.05) is 71.9 Å². The van der Waals surface area contributed by atoms with Gasteiger partial charge < -0.3 is 9.79 Å². The lowest BCUT2D eigenvalue weighted by molar-refractivity contribution is -0.0881. The summed E-state index contributed by atoms with van der Waals surface area (Å²) in [5.41, 5.74) is -4.73. The van der Waals surface area contributed by atoms with Gasteiger partial charge >= 0.3 is 20.9 Å². The molecule has 4 aromatic carbocycles. The molecule has 5 aromatic rings. The first-order valence-electron chi connectivity index (χ1n) is 13.3. The van der Waals surface area contributed by atoms with Gasteiger partial charge in [-0.2, -0.15) is 8.78 Å². The monoisotopic (exact) mass is 685 g/mol. The van der Waals surface area contributed by atoms with Crippen molar-refractivity contribution in [2.24, 2.45) is 0 Å². The van der Waals surface area contributed by atoms with Gasteiger partial charge in [0, 0.05) is 18.4 Å². The van der Waals surface area contributed by atoms with Crippen molar-refractivity contribution in [3.8, 4) is 0 Å². The van der Waals surface area contributed by atoms with Crippen molar-refractivity contribution in [3.63, 3.8) is 0 Å². The molecule has 0 spiro atoms. The lowest BCUT2D eigenvalue weighted by atomic mass is 9.78. The van der Waals surface area contributed by atoms with Gasteiger partial charge in [0.25, 0.3) is 0 Å². The van der Waals surface area contributed by atoms with Crippen LogP contribution in [0.1, 0.15) is 27.8 Å². The molecular formula is C29H23F6N3O6P2. The molecule has 242 valence electrons. The lowest BCUT2D eigenvalue weighted by Gasteiger charge is -2.36. The van der Waals surface area contributed by atoms with Crippen LogP contribution >= 0.6 is 15.2 Å². The molecule has 9 nitrogen and oxygen atoms in total. The first kappa shape index (κ1) is 33.5. The average Bonchev–Trinajstić information content (AvgIpc) is 3.47. The fourth-order valence-electron chi connectivity index (χ4n) is 5.22. The van der Waals surface area contributed by atoms with Crippen molar-refractivity contribution < 1.29 is 55.0 Å². The molecule has 0 aliphatic rings. The van der Waals surface area contributed by atoms with Gasteiger partial charge in [0.2, 0.25) is 0 Å². The third-order valence-electron chi connectivity index (χ3n) is 7.48. The highest BCUT2D eigenvalue weighted by Crippen LogP contribution is 2.59. The minimum atomic E-state index is -5.85. The number of hydrogen-bond acceptors (Lipinski definition) is 6. The molecule has 1 unspecified atom stereocenters. The molecule has 0 aliphatic carbocycles. The molecule has 0 fully saturated rings. The summed E-state index contributed by atoms with van der Waals surface area (Å²) in [4.78, 5) is 18.3. The molecule has 1 heterocycles. The predicted octanol–water partition coefficient (Wildman–Crippen LogP) is 7.66. The molecule has 17 heteroatoms. The molecule has 2 N–H and O–H groups in total. The van der Waals surface area contributed by atoms with Crippen molar-refractivity contribution >= 4 is 26.2 Å². The topological polar surface area (TPSA) is 124 Å². The van der Waals surface area contributed by atoms with Crippen LogP contribution < -0.4 is 0 Å². The Kier molecular flexibility index (Phi) is 9.29. The quantitative estimate of drug-likeness (QED) is 0.101. The standard InChI is InChI=1S/C29H23F6N3O6P2/c30-24-14-13-23(15-25(24)31)28(38-27-4-2-1-3-26(27)36-37-38,16-19-5-7-21(8-6-19)18-45(39,43-34)44-35)17-20-9-11-22(12-10-20)29(32,33)46(40,41)42/h1-15H,16-18H2,(H2,40,41,42). The van der Waals surface area contributed by atoms with E-state index in [4.69, 9.17) is 9.79 Å². The highest BCUT2D eigenvalue weighted by atomic mass is 31.2. The van der Waals surface area contributed by atoms with Crippen LogP contribution in [0.3, 0.4) is 0 Å². The minimum absolute atomic E-state index is 0.0387. The molecule has 0 bridgehead atoms. The second-order valence-corrected chi connectivity index (χ2v) is 14.0. The maximum Gasteiger partial charge on any atom is 0.399 e. The van der Waals surface area contributed by atoms with E-state index in [0.717, 1.165) is 24.3 Å². The highest BCUT2D eigenvalue weighted by Gasteiger charge is 2.50. The number of rotatable bonds is 12. The molecule has 1 atom stereocenters. The SMILES string of the molecule is O=P(Cc1ccc(CC(Cc2ccc(C(F)(F)P(=O)(O)O)cc2)(c2ccc(F)c(F)c2)n2nnc3ccccc32)cc1)(OF)OF. The molecule has 0 radical (unpaired) electrons. The number of hydrogen-bond donors (Lipinski definition) is 2. The summed E-state index contributed by atoms with van der Waals surface area (Å²) in [6.07, 6.45) is -0.896. The van der Waals surface area contributed by atoms with Gasteiger partial charge in [0.15, 0.2) is 11.6 Å². The van der Waals surface area contributed by atoms with Gasteiger partial charge in [0.1, 0.15) is 5.52 Å². The maximum atomic E-state index is 14.8. The van der Waals surface area contributed by atoms with Crippen LogP contribution in [-0.2, 0) is 48.8 Å². The van der Waals surface area contributed by atoms with E-state index in [2.05, 4.69) is 19.8 Å². The zero-order valence-electron chi connectivity index (χ0n) is 23.3. The molecule has 5 rings (SSSR count). The number of halogens is 6. The number of benzene rings is 4. The van der Waals surface area contributed by atoms with Crippen LogP contribution in [0.4, 0.5) is 26.6 Å². The third kappa shape index (κ3) is 6.52. The normalized spacial score (nSPS) is 14.0. The highest BCUT2D eigenvalue weighted by molar-refractivity contribution is 7.52. The molecule has 0 amide bonds. The van der Waals surface area contributed by atoms with E-state index >= 15 is 0 Å². The predicted molar refractivity (Wildman–Crippen MR) is 153 cm³/mol. The maximum absolute atomic E-state index is 14.8. The third-order valence-corrected chi connectivity index (χ3v) is 9.65. The zero-order valence-corrected chi connectivity index (χ0v) is 25.1. The smallest absolute Gasteiger partial charge is 0.320 e. The number of fused-ring (bicyclic) bond motifs is 1. The number of aromatic nitrogens is 3. The number of nitrogens with zero attached hydrogens (tertiary/aromatic N) is 3. The summed E-state index contributed by atoms with van der Waals surface area (Å²) in [5, 5.41) is 8.55. The molecule has 0 saturated carbocycles. The van der Waals surface area contributed by atoms with Crippen LogP contribution in [0.25, 0.3) is 11.0 Å². The van der Waals surface area contributed by atoms with Gasteiger partial charge in [-0.3, -0.25) is 9.13 Å². The van der Waals surface area contributed by atoms with Gasteiger partial charge in [-0.15, -0.1) is 14.6 Å². The van der Waals surface area contributed by atoms with Crippen LogP contribution in [0, 0.1) is 11.6 Å². The Bertz CT molecular complexity index is 1950. The minimum Gasteiger partial charge on any atom is -0.320 e. The summed E-state index contributed by atoms with van der Waals surface area (Å²) >= 11 is 0. The van der Waals surface area contributed by atoms with Crippen LogP contribution in [0.5, 0.6) is 0 Å². The van der Waals surface area contributed by atoms with Crippen molar-refractivity contribution in [3.05, 3.63) is 130 Å². The summed E-state index contributed by atoms with van der Waals surface area (Å²) in [6.45, 7) is 0. The van der Waals surface area contributed by atoms with E-state index in [9.17, 15) is 35.7 Å². The largest absolute Gasteiger partial charge is 0.399 e. The Morgan fingerprint density at radius 1 is 0.739 bits per heavy atom. The van der Waals surface area contributed by atoms with E-state index in [-0.39, 0.29) is 24.0 Å². The Hall–Kier alpha value is -3.84. The summed E-state index contributed by atoms with van der Waals surface area (Å²) in [7, 11) is -10.5. The molecule has 0 saturated heterocycles. The molecular weight excluding hydrogens is 662 g/mol. The fraction of sp³-hybridized carbons (Fsp3) is 0.172. The van der Waals surface area contributed by atoms with E-state index in [1.54, 1.807) is 24.3 Å². The first-order chi connectivity index (χ1) is 21.7. The first-order valence-corrected chi connectivity index (χ1v) is 16.6. The number of para-hydroxylation sites is 1. The summed E-state index contributed by atoms with van der Waals surface area (Å²) in [5.74, 6) is -2.32. The molecule has 46 heavy (non-hydrogen) atoms. The lowest BCUT2D eigenvalue weighted by Crippen LogP contribution is -2.41. The van der Waals surface area contributed by atoms with Crippen molar-refractivity contribution in [2.45, 2.75) is 30.2 Å². The Morgan fingerprint density at radius 3 is 1.85 bits per heavy atom. The molecule has 0 aliphatic heterocycles. The van der Waals surface area contributed by atoms with Crippen molar-refractivity contribution in [1.82, 2.24) is 15.0 Å². The van der Waals surface area contributed by atoms with E-state index in [0.29, 0.717) is 22.2 Å². The summed E-state index contributed by atoms with van der Waals surface area (Å²) < 4.78 is 114. The van der Waals surface area contributed by atoms with Crippen LogP contribution in [-0.4, -0.2) is 24.8 Å². The molecule has 1 aromatic heterocycles. The van der Waals surface area contributed by atoms with Crippen molar-refractivity contribution in [2.75, 3.05) is 0 Å². The second-order valence-electron chi connectivity index (χ2n) is 10.5. The van der Waals surface area contributed by atoms with Gasteiger partial charge in [0.05, 0.1) is 17.2 Å². The number of alkyl halides is 2. The Labute approximate surface area is 256 Å². The Morgan fingerprint density at radius 2 is 1.28 bits per heavy atom. The Balaban J connectivity index is 1.67. The zero-order chi connectivity index (χ0) is 33.3. The van der Waals surface area contributed by atoms with Gasteiger partial charge in [-0.05, 0) is 55.6 Å². The fourth-order valence-corrected chi connectivity index (χ4v) is 6.48. The van der Waals surface area contributed by atoms with Crippen molar-refractivity contribution in [1.29, 1.82) is 0 Å².